The smallest absolute Gasteiger partial charge is 0.262 e. The van der Waals surface area contributed by atoms with E-state index in [1.807, 2.05) is 25.1 Å². The molecule has 0 aliphatic rings. The van der Waals surface area contributed by atoms with E-state index in [9.17, 15) is 4.79 Å². The Labute approximate surface area is 124 Å². The first-order valence-electron chi connectivity index (χ1n) is 5.99. The summed E-state index contributed by atoms with van der Waals surface area (Å²) in [5.41, 5.74) is 0.720. The lowest BCUT2D eigenvalue weighted by Crippen LogP contribution is -2.25. The third-order valence-electron chi connectivity index (χ3n) is 2.67. The van der Waals surface area contributed by atoms with E-state index in [0.29, 0.717) is 18.5 Å². The number of ether oxygens (including phenoxy) is 1. The first-order valence-corrected chi connectivity index (χ1v) is 7.77. The van der Waals surface area contributed by atoms with Crippen molar-refractivity contribution in [2.45, 2.75) is 18.6 Å². The lowest BCUT2D eigenvalue weighted by Gasteiger charge is -2.12. The van der Waals surface area contributed by atoms with Crippen LogP contribution < -0.4 is 5.56 Å². The summed E-state index contributed by atoms with van der Waals surface area (Å²) in [5.74, 6) is 0.876. The van der Waals surface area contributed by atoms with E-state index >= 15 is 0 Å². The number of fused-ring (bicyclic) bond motifs is 1. The van der Waals surface area contributed by atoms with Crippen molar-refractivity contribution in [3.63, 3.8) is 0 Å². The molecule has 0 amide bonds. The summed E-state index contributed by atoms with van der Waals surface area (Å²) in [4.78, 5) is 17.1. The summed E-state index contributed by atoms with van der Waals surface area (Å²) < 4.78 is 7.63. The molecule has 0 bridgehead atoms. The van der Waals surface area contributed by atoms with E-state index in [2.05, 4.69) is 20.9 Å². The minimum atomic E-state index is -0.0145. The molecular weight excluding hydrogens is 328 g/mol. The standard InChI is InChI=1S/C13H15BrN2O2S/c1-3-19-13-15-11-5-4-9(14)8-10(11)12(17)16(13)6-7-18-2/h4-5,8H,3,6-7H2,1-2H3. The highest BCUT2D eigenvalue weighted by molar-refractivity contribution is 9.10. The monoisotopic (exact) mass is 342 g/mol. The number of aromatic nitrogens is 2. The van der Waals surface area contributed by atoms with Crippen LogP contribution in [-0.2, 0) is 11.3 Å². The highest BCUT2D eigenvalue weighted by Gasteiger charge is 2.11. The topological polar surface area (TPSA) is 44.1 Å². The van der Waals surface area contributed by atoms with Gasteiger partial charge in [-0.1, -0.05) is 34.6 Å². The van der Waals surface area contributed by atoms with Crippen LogP contribution in [0.3, 0.4) is 0 Å². The molecule has 2 rings (SSSR count). The molecule has 0 atom stereocenters. The number of hydrogen-bond donors (Lipinski definition) is 0. The fourth-order valence-corrected chi connectivity index (χ4v) is 2.90. The van der Waals surface area contributed by atoms with Crippen LogP contribution in [0.1, 0.15) is 6.92 Å². The Morgan fingerprint density at radius 2 is 2.26 bits per heavy atom. The number of hydrogen-bond acceptors (Lipinski definition) is 4. The summed E-state index contributed by atoms with van der Waals surface area (Å²) in [7, 11) is 1.63. The molecule has 0 saturated carbocycles. The van der Waals surface area contributed by atoms with Crippen molar-refractivity contribution >= 4 is 38.6 Å². The van der Waals surface area contributed by atoms with Crippen molar-refractivity contribution in [1.29, 1.82) is 0 Å². The number of thioether (sulfide) groups is 1. The molecule has 1 aromatic carbocycles. The van der Waals surface area contributed by atoms with Crippen LogP contribution in [0.2, 0.25) is 0 Å². The van der Waals surface area contributed by atoms with Crippen LogP contribution in [0.25, 0.3) is 10.9 Å². The normalized spacial score (nSPS) is 11.1. The Balaban J connectivity index is 2.63. The maximum atomic E-state index is 12.5. The predicted molar refractivity (Wildman–Crippen MR) is 82.0 cm³/mol. The number of halogens is 1. The molecular formula is C13H15BrN2O2S. The van der Waals surface area contributed by atoms with E-state index in [1.165, 1.54) is 0 Å². The van der Waals surface area contributed by atoms with Crippen LogP contribution in [-0.4, -0.2) is 29.0 Å². The summed E-state index contributed by atoms with van der Waals surface area (Å²) in [5, 5.41) is 1.38. The van der Waals surface area contributed by atoms with Crippen LogP contribution >= 0.6 is 27.7 Å². The van der Waals surface area contributed by atoms with Crippen molar-refractivity contribution in [1.82, 2.24) is 9.55 Å². The second-order valence-corrected chi connectivity index (χ2v) is 6.09. The average Bonchev–Trinajstić information content (AvgIpc) is 2.40. The molecule has 0 aliphatic carbocycles. The molecule has 1 aromatic heterocycles. The van der Waals surface area contributed by atoms with Crippen LogP contribution in [0.4, 0.5) is 0 Å². The molecule has 1 heterocycles. The SMILES string of the molecule is CCSc1nc2ccc(Br)cc2c(=O)n1CCOC. The highest BCUT2D eigenvalue weighted by Crippen LogP contribution is 2.20. The van der Waals surface area contributed by atoms with Crippen molar-refractivity contribution in [3.05, 3.63) is 33.0 Å². The molecule has 0 saturated heterocycles. The molecule has 2 aromatic rings. The lowest BCUT2D eigenvalue weighted by atomic mass is 10.2. The van der Waals surface area contributed by atoms with E-state index in [0.717, 1.165) is 20.9 Å². The molecule has 0 spiro atoms. The maximum Gasteiger partial charge on any atom is 0.262 e. The van der Waals surface area contributed by atoms with Crippen LogP contribution in [0, 0.1) is 0 Å². The average molecular weight is 343 g/mol. The Bertz CT molecular complexity index is 642. The molecule has 0 unspecified atom stereocenters. The van der Waals surface area contributed by atoms with Crippen LogP contribution in [0.15, 0.2) is 32.6 Å². The zero-order valence-electron chi connectivity index (χ0n) is 10.9. The van der Waals surface area contributed by atoms with Crippen molar-refractivity contribution in [2.24, 2.45) is 0 Å². The molecule has 0 aliphatic heterocycles. The summed E-state index contributed by atoms with van der Waals surface area (Å²) in [6, 6.07) is 5.57. The van der Waals surface area contributed by atoms with Gasteiger partial charge in [0.05, 0.1) is 24.1 Å². The molecule has 19 heavy (non-hydrogen) atoms. The fraction of sp³-hybridized carbons (Fsp3) is 0.385. The Morgan fingerprint density at radius 1 is 1.47 bits per heavy atom. The molecule has 6 heteroatoms. The lowest BCUT2D eigenvalue weighted by molar-refractivity contribution is 0.183. The second-order valence-electron chi connectivity index (χ2n) is 3.94. The zero-order valence-corrected chi connectivity index (χ0v) is 13.3. The van der Waals surface area contributed by atoms with E-state index in [-0.39, 0.29) is 5.56 Å². The molecule has 0 N–H and O–H groups in total. The van der Waals surface area contributed by atoms with Gasteiger partial charge >= 0.3 is 0 Å². The Kier molecular flexibility index (Phi) is 5.01. The number of nitrogens with zero attached hydrogens (tertiary/aromatic N) is 2. The Morgan fingerprint density at radius 3 is 2.95 bits per heavy atom. The van der Waals surface area contributed by atoms with Crippen molar-refractivity contribution in [2.75, 3.05) is 19.5 Å². The van der Waals surface area contributed by atoms with Gasteiger partial charge in [-0.15, -0.1) is 0 Å². The number of benzene rings is 1. The largest absolute Gasteiger partial charge is 0.383 e. The van der Waals surface area contributed by atoms with Gasteiger partial charge in [-0.05, 0) is 24.0 Å². The van der Waals surface area contributed by atoms with E-state index < -0.39 is 0 Å². The first kappa shape index (κ1) is 14.6. The summed E-state index contributed by atoms with van der Waals surface area (Å²) in [6.45, 7) is 3.06. The molecule has 4 nitrogen and oxygen atoms in total. The van der Waals surface area contributed by atoms with Gasteiger partial charge in [-0.2, -0.15) is 0 Å². The van der Waals surface area contributed by atoms with Gasteiger partial charge in [0.2, 0.25) is 0 Å². The van der Waals surface area contributed by atoms with Gasteiger partial charge < -0.3 is 4.74 Å². The zero-order chi connectivity index (χ0) is 13.8. The third kappa shape index (κ3) is 3.19. The minimum Gasteiger partial charge on any atom is -0.383 e. The molecule has 102 valence electrons. The number of rotatable bonds is 5. The molecule has 0 radical (unpaired) electrons. The van der Waals surface area contributed by atoms with Crippen molar-refractivity contribution in [3.8, 4) is 0 Å². The fourth-order valence-electron chi connectivity index (χ4n) is 1.79. The van der Waals surface area contributed by atoms with Gasteiger partial charge in [0, 0.05) is 11.6 Å². The van der Waals surface area contributed by atoms with E-state index in [4.69, 9.17) is 4.74 Å². The first-order chi connectivity index (χ1) is 9.17. The van der Waals surface area contributed by atoms with Crippen LogP contribution in [0.5, 0.6) is 0 Å². The van der Waals surface area contributed by atoms with Gasteiger partial charge in [-0.3, -0.25) is 9.36 Å². The second kappa shape index (κ2) is 6.54. The van der Waals surface area contributed by atoms with E-state index in [1.54, 1.807) is 23.4 Å². The van der Waals surface area contributed by atoms with Gasteiger partial charge in [0.25, 0.3) is 5.56 Å². The minimum absolute atomic E-state index is 0.0145. The summed E-state index contributed by atoms with van der Waals surface area (Å²) >= 11 is 4.96. The van der Waals surface area contributed by atoms with Crippen molar-refractivity contribution < 1.29 is 4.74 Å². The van der Waals surface area contributed by atoms with Gasteiger partial charge in [-0.25, -0.2) is 4.98 Å². The quantitative estimate of drug-likeness (QED) is 0.619. The maximum absolute atomic E-state index is 12.5. The van der Waals surface area contributed by atoms with Gasteiger partial charge in [0.1, 0.15) is 0 Å². The summed E-state index contributed by atoms with van der Waals surface area (Å²) in [6.07, 6.45) is 0. The highest BCUT2D eigenvalue weighted by atomic mass is 79.9. The molecule has 0 fully saturated rings. The Hall–Kier alpha value is -0.850. The van der Waals surface area contributed by atoms with Gasteiger partial charge in [0.15, 0.2) is 5.16 Å². The predicted octanol–water partition coefficient (Wildman–Crippen LogP) is 2.92. The number of methoxy groups -OCH3 is 1. The third-order valence-corrected chi connectivity index (χ3v) is 4.03.